The average molecular weight is 261 g/mol. The zero-order valence-electron chi connectivity index (χ0n) is 10.5. The predicted molar refractivity (Wildman–Crippen MR) is 68.9 cm³/mol. The van der Waals surface area contributed by atoms with Gasteiger partial charge in [-0.05, 0) is 25.0 Å². The molecule has 0 aliphatic heterocycles. The predicted octanol–water partition coefficient (Wildman–Crippen LogP) is 2.56. The molecule has 1 aromatic heterocycles. The second-order valence-corrected chi connectivity index (χ2v) is 4.98. The molecule has 0 amide bonds. The van der Waals surface area contributed by atoms with Crippen LogP contribution in [0.4, 0.5) is 4.39 Å². The van der Waals surface area contributed by atoms with Gasteiger partial charge >= 0.3 is 0 Å². The molecule has 0 unspecified atom stereocenters. The second-order valence-electron chi connectivity index (χ2n) is 4.98. The molecule has 2 atom stereocenters. The molecule has 3 rings (SSSR count). The van der Waals surface area contributed by atoms with Gasteiger partial charge in [0, 0.05) is 5.56 Å². The lowest BCUT2D eigenvalue weighted by atomic mass is 9.93. The lowest BCUT2D eigenvalue weighted by molar-refractivity contribution is 0.0685. The van der Waals surface area contributed by atoms with Crippen LogP contribution < -0.4 is 0 Å². The van der Waals surface area contributed by atoms with E-state index in [9.17, 15) is 9.50 Å². The maximum atomic E-state index is 13.7. The van der Waals surface area contributed by atoms with Crippen molar-refractivity contribution in [2.45, 2.75) is 37.8 Å². The van der Waals surface area contributed by atoms with E-state index in [1.165, 1.54) is 6.07 Å². The van der Waals surface area contributed by atoms with Crippen molar-refractivity contribution in [1.29, 1.82) is 0 Å². The molecule has 1 heterocycles. The van der Waals surface area contributed by atoms with E-state index < -0.39 is 0 Å². The van der Waals surface area contributed by atoms with Crippen LogP contribution in [0.15, 0.2) is 30.5 Å². The van der Waals surface area contributed by atoms with E-state index in [0.29, 0.717) is 11.3 Å². The van der Waals surface area contributed by atoms with Crippen molar-refractivity contribution in [2.24, 2.45) is 0 Å². The molecule has 1 aliphatic carbocycles. The highest BCUT2D eigenvalue weighted by Gasteiger charge is 2.26. The van der Waals surface area contributed by atoms with Crippen LogP contribution in [0, 0.1) is 5.82 Å². The minimum atomic E-state index is -0.385. The molecule has 1 saturated carbocycles. The van der Waals surface area contributed by atoms with Crippen molar-refractivity contribution in [1.82, 2.24) is 15.0 Å². The van der Waals surface area contributed by atoms with E-state index in [2.05, 4.69) is 10.3 Å². The van der Waals surface area contributed by atoms with Crippen molar-refractivity contribution >= 4 is 0 Å². The summed E-state index contributed by atoms with van der Waals surface area (Å²) in [5.41, 5.74) is 0.954. The SMILES string of the molecule is O[C@@H]1CCCC[C@H]1n1cc(-c2ccccc2F)nn1. The quantitative estimate of drug-likeness (QED) is 0.904. The first kappa shape index (κ1) is 12.3. The van der Waals surface area contributed by atoms with Gasteiger partial charge in [-0.3, -0.25) is 0 Å². The third-order valence-corrected chi connectivity index (χ3v) is 3.69. The van der Waals surface area contributed by atoms with Crippen molar-refractivity contribution in [3.8, 4) is 11.3 Å². The Balaban J connectivity index is 1.89. The molecule has 0 radical (unpaired) electrons. The van der Waals surface area contributed by atoms with E-state index in [0.717, 1.165) is 25.7 Å². The number of halogens is 1. The molecule has 19 heavy (non-hydrogen) atoms. The van der Waals surface area contributed by atoms with Crippen LogP contribution >= 0.6 is 0 Å². The topological polar surface area (TPSA) is 50.9 Å². The van der Waals surface area contributed by atoms with Gasteiger partial charge in [0.15, 0.2) is 0 Å². The fraction of sp³-hybridized carbons (Fsp3) is 0.429. The third-order valence-electron chi connectivity index (χ3n) is 3.69. The molecule has 0 saturated heterocycles. The Bertz CT molecular complexity index is 569. The van der Waals surface area contributed by atoms with Crippen LogP contribution in [-0.4, -0.2) is 26.2 Å². The number of aromatic nitrogens is 3. The van der Waals surface area contributed by atoms with Crippen LogP contribution in [0.1, 0.15) is 31.7 Å². The van der Waals surface area contributed by atoms with Gasteiger partial charge < -0.3 is 5.11 Å². The van der Waals surface area contributed by atoms with Crippen molar-refractivity contribution in [2.75, 3.05) is 0 Å². The van der Waals surface area contributed by atoms with Crippen LogP contribution in [0.25, 0.3) is 11.3 Å². The molecular formula is C14H16FN3O. The number of benzene rings is 1. The zero-order valence-corrected chi connectivity index (χ0v) is 10.5. The Morgan fingerprint density at radius 2 is 2.00 bits per heavy atom. The number of aliphatic hydroxyl groups is 1. The second kappa shape index (κ2) is 5.09. The highest BCUT2D eigenvalue weighted by molar-refractivity contribution is 5.58. The molecule has 0 spiro atoms. The Morgan fingerprint density at radius 1 is 1.21 bits per heavy atom. The van der Waals surface area contributed by atoms with Crippen molar-refractivity contribution < 1.29 is 9.50 Å². The fourth-order valence-electron chi connectivity index (χ4n) is 2.63. The molecule has 5 heteroatoms. The molecular weight excluding hydrogens is 245 g/mol. The van der Waals surface area contributed by atoms with E-state index in [4.69, 9.17) is 0 Å². The molecule has 0 bridgehead atoms. The summed E-state index contributed by atoms with van der Waals surface area (Å²) in [6.07, 6.45) is 5.14. The minimum absolute atomic E-state index is 0.0400. The molecule has 1 aliphatic rings. The summed E-state index contributed by atoms with van der Waals surface area (Å²) in [5, 5.41) is 18.1. The monoisotopic (exact) mass is 261 g/mol. The lowest BCUT2D eigenvalue weighted by Gasteiger charge is -2.27. The molecule has 1 N–H and O–H groups in total. The standard InChI is InChI=1S/C14H16FN3O/c15-11-6-2-1-5-10(11)12-9-18(17-16-12)13-7-3-4-8-14(13)19/h1-2,5-6,9,13-14,19H,3-4,7-8H2/t13-,14-/m1/s1. The molecule has 1 fully saturated rings. The Hall–Kier alpha value is -1.75. The highest BCUT2D eigenvalue weighted by atomic mass is 19.1. The first-order valence-electron chi connectivity index (χ1n) is 6.60. The number of nitrogens with zero attached hydrogens (tertiary/aromatic N) is 3. The number of aliphatic hydroxyl groups excluding tert-OH is 1. The van der Waals surface area contributed by atoms with Crippen molar-refractivity contribution in [3.63, 3.8) is 0 Å². The Morgan fingerprint density at radius 3 is 2.79 bits per heavy atom. The third kappa shape index (κ3) is 2.38. The van der Waals surface area contributed by atoms with Gasteiger partial charge in [-0.25, -0.2) is 9.07 Å². The molecule has 1 aromatic carbocycles. The number of hydrogen-bond acceptors (Lipinski definition) is 3. The van der Waals surface area contributed by atoms with Gasteiger partial charge in [0.1, 0.15) is 11.5 Å². The maximum Gasteiger partial charge on any atom is 0.132 e. The summed E-state index contributed by atoms with van der Waals surface area (Å²) >= 11 is 0. The Labute approximate surface area is 110 Å². The number of rotatable bonds is 2. The van der Waals surface area contributed by atoms with E-state index in [1.54, 1.807) is 29.1 Å². The van der Waals surface area contributed by atoms with Gasteiger partial charge in [-0.15, -0.1) is 5.10 Å². The zero-order chi connectivity index (χ0) is 13.2. The smallest absolute Gasteiger partial charge is 0.132 e. The fourth-order valence-corrected chi connectivity index (χ4v) is 2.63. The summed E-state index contributed by atoms with van der Waals surface area (Å²) < 4.78 is 15.3. The normalized spacial score (nSPS) is 23.5. The van der Waals surface area contributed by atoms with Gasteiger partial charge in [-0.1, -0.05) is 30.2 Å². The first-order valence-corrected chi connectivity index (χ1v) is 6.60. The molecule has 100 valence electrons. The van der Waals surface area contributed by atoms with Crippen LogP contribution in [0.2, 0.25) is 0 Å². The molecule has 2 aromatic rings. The summed E-state index contributed by atoms with van der Waals surface area (Å²) in [7, 11) is 0. The lowest BCUT2D eigenvalue weighted by Crippen LogP contribution is -2.27. The largest absolute Gasteiger partial charge is 0.391 e. The summed E-state index contributed by atoms with van der Waals surface area (Å²) in [4.78, 5) is 0. The number of hydrogen-bond donors (Lipinski definition) is 1. The van der Waals surface area contributed by atoms with Crippen LogP contribution in [-0.2, 0) is 0 Å². The van der Waals surface area contributed by atoms with Crippen LogP contribution in [0.3, 0.4) is 0 Å². The molecule has 4 nitrogen and oxygen atoms in total. The first-order chi connectivity index (χ1) is 9.25. The summed E-state index contributed by atoms with van der Waals surface area (Å²) in [6, 6.07) is 6.47. The minimum Gasteiger partial charge on any atom is -0.391 e. The van der Waals surface area contributed by atoms with Gasteiger partial charge in [0.2, 0.25) is 0 Å². The van der Waals surface area contributed by atoms with Crippen molar-refractivity contribution in [3.05, 3.63) is 36.3 Å². The average Bonchev–Trinajstić information content (AvgIpc) is 2.89. The van der Waals surface area contributed by atoms with Gasteiger partial charge in [0.25, 0.3) is 0 Å². The Kier molecular flexibility index (Phi) is 3.29. The summed E-state index contributed by atoms with van der Waals surface area (Å²) in [6.45, 7) is 0. The van der Waals surface area contributed by atoms with Crippen LogP contribution in [0.5, 0.6) is 0 Å². The van der Waals surface area contributed by atoms with E-state index in [1.807, 2.05) is 0 Å². The highest BCUT2D eigenvalue weighted by Crippen LogP contribution is 2.29. The van der Waals surface area contributed by atoms with E-state index >= 15 is 0 Å². The maximum absolute atomic E-state index is 13.7. The van der Waals surface area contributed by atoms with Gasteiger partial charge in [0.05, 0.1) is 18.3 Å². The summed E-state index contributed by atoms with van der Waals surface area (Å²) in [5.74, 6) is -0.307. The van der Waals surface area contributed by atoms with Gasteiger partial charge in [-0.2, -0.15) is 0 Å². The van der Waals surface area contributed by atoms with E-state index in [-0.39, 0.29) is 18.0 Å².